The van der Waals surface area contributed by atoms with Crippen molar-refractivity contribution in [3.05, 3.63) is 23.8 Å². The summed E-state index contributed by atoms with van der Waals surface area (Å²) in [5.41, 5.74) is 8.20. The lowest BCUT2D eigenvalue weighted by Gasteiger charge is -2.12. The number of nitrogens with one attached hydrogen (secondary N) is 1. The Morgan fingerprint density at radius 1 is 1.47 bits per heavy atom. The summed E-state index contributed by atoms with van der Waals surface area (Å²) < 4.78 is 5.51. The predicted octanol–water partition coefficient (Wildman–Crippen LogP) is 2.08. The van der Waals surface area contributed by atoms with E-state index in [0.29, 0.717) is 5.69 Å². The van der Waals surface area contributed by atoms with E-state index in [0.717, 1.165) is 24.1 Å². The summed E-state index contributed by atoms with van der Waals surface area (Å²) in [6.07, 6.45) is 1.57. The third-order valence-corrected chi connectivity index (χ3v) is 3.07. The zero-order valence-corrected chi connectivity index (χ0v) is 10.2. The van der Waals surface area contributed by atoms with Crippen LogP contribution in [-0.2, 0) is 9.53 Å². The SMILES string of the molecule is Cc1ccc(NC(=O)C2CCC(C)O2)cc1N. The van der Waals surface area contributed by atoms with Crippen molar-refractivity contribution in [2.75, 3.05) is 11.1 Å². The standard InChI is InChI=1S/C13H18N2O2/c1-8-3-5-10(7-11(8)14)15-13(16)12-6-4-9(2)17-12/h3,5,7,9,12H,4,6,14H2,1-2H3,(H,15,16). The maximum atomic E-state index is 11.9. The number of rotatable bonds is 2. The van der Waals surface area contributed by atoms with Crippen molar-refractivity contribution in [2.45, 2.75) is 38.9 Å². The van der Waals surface area contributed by atoms with Crippen molar-refractivity contribution in [3.63, 3.8) is 0 Å². The van der Waals surface area contributed by atoms with Gasteiger partial charge in [0.05, 0.1) is 6.10 Å². The first kappa shape index (κ1) is 11.9. The van der Waals surface area contributed by atoms with Gasteiger partial charge >= 0.3 is 0 Å². The second-order valence-electron chi connectivity index (χ2n) is 4.57. The molecule has 3 N–H and O–H groups in total. The van der Waals surface area contributed by atoms with Crippen LogP contribution in [-0.4, -0.2) is 18.1 Å². The fourth-order valence-electron chi connectivity index (χ4n) is 1.94. The lowest BCUT2D eigenvalue weighted by atomic mass is 10.1. The molecular weight excluding hydrogens is 216 g/mol. The second kappa shape index (κ2) is 4.75. The Morgan fingerprint density at radius 3 is 2.82 bits per heavy atom. The van der Waals surface area contributed by atoms with Crippen LogP contribution in [0.3, 0.4) is 0 Å². The fraction of sp³-hybridized carbons (Fsp3) is 0.462. The molecule has 1 aromatic rings. The number of anilines is 2. The molecule has 1 fully saturated rings. The number of nitrogens with two attached hydrogens (primary N) is 1. The Hall–Kier alpha value is -1.55. The predicted molar refractivity (Wildman–Crippen MR) is 67.8 cm³/mol. The molecule has 0 radical (unpaired) electrons. The Morgan fingerprint density at radius 2 is 2.24 bits per heavy atom. The van der Waals surface area contributed by atoms with Gasteiger partial charge in [-0.05, 0) is 44.4 Å². The zero-order valence-electron chi connectivity index (χ0n) is 10.2. The molecule has 0 aliphatic carbocycles. The molecule has 2 unspecified atom stereocenters. The molecule has 1 saturated heterocycles. The van der Waals surface area contributed by atoms with Gasteiger partial charge in [0, 0.05) is 11.4 Å². The fourth-order valence-corrected chi connectivity index (χ4v) is 1.94. The van der Waals surface area contributed by atoms with E-state index in [1.165, 1.54) is 0 Å². The summed E-state index contributed by atoms with van der Waals surface area (Å²) in [5.74, 6) is -0.0856. The number of hydrogen-bond donors (Lipinski definition) is 2. The van der Waals surface area contributed by atoms with E-state index in [-0.39, 0.29) is 18.1 Å². The van der Waals surface area contributed by atoms with E-state index in [1.807, 2.05) is 26.0 Å². The Kier molecular flexibility index (Phi) is 3.33. The van der Waals surface area contributed by atoms with Gasteiger partial charge in [0.25, 0.3) is 5.91 Å². The molecule has 1 aliphatic rings. The first-order chi connectivity index (χ1) is 8.06. The Bertz CT molecular complexity index is 431. The summed E-state index contributed by atoms with van der Waals surface area (Å²) in [6, 6.07) is 5.51. The van der Waals surface area contributed by atoms with Gasteiger partial charge in [-0.25, -0.2) is 0 Å². The van der Waals surface area contributed by atoms with Crippen LogP contribution >= 0.6 is 0 Å². The number of aryl methyl sites for hydroxylation is 1. The number of hydrogen-bond acceptors (Lipinski definition) is 3. The molecule has 1 heterocycles. The normalized spacial score (nSPS) is 23.6. The molecule has 0 saturated carbocycles. The van der Waals surface area contributed by atoms with Gasteiger partial charge in [-0.2, -0.15) is 0 Å². The monoisotopic (exact) mass is 234 g/mol. The largest absolute Gasteiger partial charge is 0.398 e. The molecule has 0 aromatic heterocycles. The second-order valence-corrected chi connectivity index (χ2v) is 4.57. The molecule has 2 rings (SSSR count). The average Bonchev–Trinajstić information content (AvgIpc) is 2.70. The minimum absolute atomic E-state index is 0.0856. The van der Waals surface area contributed by atoms with Gasteiger partial charge in [0.2, 0.25) is 0 Å². The number of carbonyl (C=O) groups is 1. The van der Waals surface area contributed by atoms with Crippen LogP contribution in [0.2, 0.25) is 0 Å². The molecule has 0 bridgehead atoms. The molecule has 17 heavy (non-hydrogen) atoms. The van der Waals surface area contributed by atoms with Crippen molar-refractivity contribution in [3.8, 4) is 0 Å². The van der Waals surface area contributed by atoms with E-state index in [4.69, 9.17) is 10.5 Å². The molecule has 4 nitrogen and oxygen atoms in total. The molecule has 0 spiro atoms. The minimum atomic E-state index is -0.326. The maximum Gasteiger partial charge on any atom is 0.253 e. The summed E-state index contributed by atoms with van der Waals surface area (Å²) in [5, 5.41) is 2.83. The van der Waals surface area contributed by atoms with Crippen molar-refractivity contribution >= 4 is 17.3 Å². The highest BCUT2D eigenvalue weighted by atomic mass is 16.5. The molecule has 2 atom stereocenters. The summed E-state index contributed by atoms with van der Waals surface area (Å²) in [6.45, 7) is 3.92. The summed E-state index contributed by atoms with van der Waals surface area (Å²) in [4.78, 5) is 11.9. The van der Waals surface area contributed by atoms with Gasteiger partial charge in [-0.3, -0.25) is 4.79 Å². The van der Waals surface area contributed by atoms with Crippen LogP contribution in [0, 0.1) is 6.92 Å². The van der Waals surface area contributed by atoms with Crippen LogP contribution in [0.4, 0.5) is 11.4 Å². The van der Waals surface area contributed by atoms with Gasteiger partial charge in [0.15, 0.2) is 0 Å². The van der Waals surface area contributed by atoms with Crippen molar-refractivity contribution in [1.82, 2.24) is 0 Å². The maximum absolute atomic E-state index is 11.9. The number of ether oxygens (including phenoxy) is 1. The third kappa shape index (κ3) is 2.77. The van der Waals surface area contributed by atoms with E-state index < -0.39 is 0 Å². The molecular formula is C13H18N2O2. The minimum Gasteiger partial charge on any atom is -0.398 e. The van der Waals surface area contributed by atoms with Crippen LogP contribution in [0.15, 0.2) is 18.2 Å². The Balaban J connectivity index is 2.00. The molecule has 1 aliphatic heterocycles. The highest BCUT2D eigenvalue weighted by Gasteiger charge is 2.28. The average molecular weight is 234 g/mol. The van der Waals surface area contributed by atoms with Gasteiger partial charge < -0.3 is 15.8 Å². The molecule has 1 aromatic carbocycles. The highest BCUT2D eigenvalue weighted by Crippen LogP contribution is 2.22. The lowest BCUT2D eigenvalue weighted by molar-refractivity contribution is -0.126. The number of nitrogen functional groups attached to an aromatic ring is 1. The van der Waals surface area contributed by atoms with Crippen LogP contribution in [0.25, 0.3) is 0 Å². The van der Waals surface area contributed by atoms with E-state index in [9.17, 15) is 4.79 Å². The Labute approximate surface area is 101 Å². The smallest absolute Gasteiger partial charge is 0.253 e. The quantitative estimate of drug-likeness (QED) is 0.770. The van der Waals surface area contributed by atoms with Crippen molar-refractivity contribution < 1.29 is 9.53 Å². The first-order valence-corrected chi connectivity index (χ1v) is 5.88. The molecule has 92 valence electrons. The van der Waals surface area contributed by atoms with E-state index >= 15 is 0 Å². The number of amides is 1. The molecule has 4 heteroatoms. The van der Waals surface area contributed by atoms with Crippen molar-refractivity contribution in [1.29, 1.82) is 0 Å². The van der Waals surface area contributed by atoms with E-state index in [2.05, 4.69) is 5.32 Å². The first-order valence-electron chi connectivity index (χ1n) is 5.88. The van der Waals surface area contributed by atoms with Crippen LogP contribution in [0.1, 0.15) is 25.3 Å². The molecule has 1 amide bonds. The number of benzene rings is 1. The van der Waals surface area contributed by atoms with Crippen molar-refractivity contribution in [2.24, 2.45) is 0 Å². The van der Waals surface area contributed by atoms with Crippen LogP contribution < -0.4 is 11.1 Å². The van der Waals surface area contributed by atoms with Gasteiger partial charge in [-0.1, -0.05) is 6.07 Å². The number of carbonyl (C=O) groups excluding carboxylic acids is 1. The van der Waals surface area contributed by atoms with Gasteiger partial charge in [-0.15, -0.1) is 0 Å². The topological polar surface area (TPSA) is 64.3 Å². The van der Waals surface area contributed by atoms with Gasteiger partial charge in [0.1, 0.15) is 6.10 Å². The highest BCUT2D eigenvalue weighted by molar-refractivity contribution is 5.94. The van der Waals surface area contributed by atoms with E-state index in [1.54, 1.807) is 6.07 Å². The third-order valence-electron chi connectivity index (χ3n) is 3.07. The van der Waals surface area contributed by atoms with Crippen LogP contribution in [0.5, 0.6) is 0 Å². The summed E-state index contributed by atoms with van der Waals surface area (Å²) in [7, 11) is 0. The lowest BCUT2D eigenvalue weighted by Crippen LogP contribution is -2.27. The zero-order chi connectivity index (χ0) is 12.4. The summed E-state index contributed by atoms with van der Waals surface area (Å²) >= 11 is 0.